The van der Waals surface area contributed by atoms with Gasteiger partial charge in [-0.3, -0.25) is 14.9 Å². The summed E-state index contributed by atoms with van der Waals surface area (Å²) in [5.74, 6) is -0.733. The van der Waals surface area contributed by atoms with E-state index in [1.54, 1.807) is 48.5 Å². The van der Waals surface area contributed by atoms with E-state index in [1.807, 2.05) is 6.92 Å². The highest BCUT2D eigenvalue weighted by Crippen LogP contribution is 2.20. The number of benzene rings is 2. The van der Waals surface area contributed by atoms with Crippen LogP contribution in [0.3, 0.4) is 0 Å². The average Bonchev–Trinajstić information content (AvgIpc) is 3.42. The molecule has 194 valence electrons. The molecule has 0 radical (unpaired) electrons. The number of rotatable bonds is 11. The fourth-order valence-corrected chi connectivity index (χ4v) is 3.25. The van der Waals surface area contributed by atoms with Crippen molar-refractivity contribution in [2.24, 2.45) is 0 Å². The molecule has 0 fully saturated rings. The Morgan fingerprint density at radius 1 is 1.14 bits per heavy atom. The number of anilines is 2. The summed E-state index contributed by atoms with van der Waals surface area (Å²) in [5, 5.41) is 20.3. The number of tetrazole rings is 1. The van der Waals surface area contributed by atoms with Crippen LogP contribution in [0.4, 0.5) is 16.2 Å². The number of aromatic nitrogens is 4. The molecule has 37 heavy (non-hydrogen) atoms. The van der Waals surface area contributed by atoms with Crippen LogP contribution in [0, 0.1) is 0 Å². The van der Waals surface area contributed by atoms with Crippen molar-refractivity contribution >= 4 is 47.0 Å². The van der Waals surface area contributed by atoms with Gasteiger partial charge in [0.2, 0.25) is 5.91 Å². The Kier molecular flexibility index (Phi) is 9.97. The monoisotopic (exact) mass is 527 g/mol. The number of amides is 2. The predicted octanol–water partition coefficient (Wildman–Crippen LogP) is 3.06. The van der Waals surface area contributed by atoms with E-state index in [9.17, 15) is 14.4 Å². The van der Waals surface area contributed by atoms with Gasteiger partial charge < -0.3 is 20.1 Å². The molecule has 2 amide bonds. The fraction of sp³-hybridized carbons (Fsp3) is 0.250. The number of carbonyl (C=O) groups excluding carboxylic acids is 3. The summed E-state index contributed by atoms with van der Waals surface area (Å²) < 4.78 is 10.9. The van der Waals surface area contributed by atoms with Gasteiger partial charge in [0.15, 0.2) is 0 Å². The van der Waals surface area contributed by atoms with E-state index in [2.05, 4.69) is 36.2 Å². The van der Waals surface area contributed by atoms with Crippen LogP contribution in [0.1, 0.15) is 18.9 Å². The largest absolute Gasteiger partial charge is 0.469 e. The summed E-state index contributed by atoms with van der Waals surface area (Å²) in [6.07, 6.45) is 3.83. The second kappa shape index (κ2) is 13.6. The van der Waals surface area contributed by atoms with Crippen LogP contribution in [0.2, 0.25) is 5.02 Å². The average molecular weight is 528 g/mol. The van der Waals surface area contributed by atoms with Crippen LogP contribution in [0.25, 0.3) is 11.8 Å². The Morgan fingerprint density at radius 3 is 2.59 bits per heavy atom. The van der Waals surface area contributed by atoms with Crippen LogP contribution in [0.15, 0.2) is 54.9 Å². The second-order valence-electron chi connectivity index (χ2n) is 7.75. The maximum Gasteiger partial charge on any atom is 0.411 e. The first-order valence-corrected chi connectivity index (χ1v) is 11.6. The normalized spacial score (nSPS) is 11.5. The molecule has 0 saturated heterocycles. The Bertz CT molecular complexity index is 1230. The van der Waals surface area contributed by atoms with Gasteiger partial charge in [-0.15, -0.1) is 5.10 Å². The maximum absolute atomic E-state index is 12.4. The molecule has 0 aliphatic heterocycles. The van der Waals surface area contributed by atoms with Gasteiger partial charge in [-0.1, -0.05) is 11.6 Å². The van der Waals surface area contributed by atoms with Crippen molar-refractivity contribution in [2.75, 3.05) is 30.9 Å². The molecule has 0 aliphatic rings. The molecule has 0 bridgehead atoms. The zero-order chi connectivity index (χ0) is 26.6. The van der Waals surface area contributed by atoms with Gasteiger partial charge in [-0.25, -0.2) is 4.79 Å². The minimum absolute atomic E-state index is 0.0142. The summed E-state index contributed by atoms with van der Waals surface area (Å²) >= 11 is 6.10. The third-order valence-electron chi connectivity index (χ3n) is 4.90. The molecular formula is C24H26ClN7O5. The number of hydrogen-bond donors (Lipinski definition) is 3. The van der Waals surface area contributed by atoms with Crippen molar-refractivity contribution in [1.82, 2.24) is 25.5 Å². The van der Waals surface area contributed by atoms with Crippen molar-refractivity contribution in [1.29, 1.82) is 0 Å². The lowest BCUT2D eigenvalue weighted by atomic mass is 10.1. The summed E-state index contributed by atoms with van der Waals surface area (Å²) in [7, 11) is 1.27. The van der Waals surface area contributed by atoms with Crippen molar-refractivity contribution < 1.29 is 23.9 Å². The molecule has 13 heteroatoms. The van der Waals surface area contributed by atoms with E-state index in [4.69, 9.17) is 16.3 Å². The Balaban J connectivity index is 1.44. The molecule has 12 nitrogen and oxygen atoms in total. The third-order valence-corrected chi connectivity index (χ3v) is 5.13. The summed E-state index contributed by atoms with van der Waals surface area (Å²) in [5.41, 5.74) is 2.69. The van der Waals surface area contributed by atoms with E-state index >= 15 is 0 Å². The van der Waals surface area contributed by atoms with Crippen LogP contribution < -0.4 is 16.0 Å². The van der Waals surface area contributed by atoms with Gasteiger partial charge in [0.05, 0.1) is 19.2 Å². The SMILES string of the molecule is COC(=O)CCOC(=O)Nc1ccc(NCC(C)NC(=O)C=Cc2cc(Cl)ccc2-n2cnnn2)cc1. The van der Waals surface area contributed by atoms with Crippen LogP contribution in [0.5, 0.6) is 0 Å². The van der Waals surface area contributed by atoms with Crippen molar-refractivity contribution in [3.05, 3.63) is 65.5 Å². The van der Waals surface area contributed by atoms with Crippen molar-refractivity contribution in [3.8, 4) is 5.69 Å². The van der Waals surface area contributed by atoms with Crippen molar-refractivity contribution in [3.63, 3.8) is 0 Å². The van der Waals surface area contributed by atoms with E-state index < -0.39 is 12.1 Å². The van der Waals surface area contributed by atoms with Crippen LogP contribution in [-0.4, -0.2) is 64.5 Å². The third kappa shape index (κ3) is 8.93. The molecule has 0 aliphatic carbocycles. The molecule has 1 heterocycles. The number of nitrogens with one attached hydrogen (secondary N) is 3. The topological polar surface area (TPSA) is 149 Å². The van der Waals surface area contributed by atoms with Gasteiger partial charge in [0.25, 0.3) is 0 Å². The molecule has 0 saturated carbocycles. The number of ether oxygens (including phenoxy) is 2. The lowest BCUT2D eigenvalue weighted by Gasteiger charge is -2.15. The molecule has 3 rings (SSSR count). The Morgan fingerprint density at radius 2 is 1.89 bits per heavy atom. The Hall–Kier alpha value is -4.45. The lowest BCUT2D eigenvalue weighted by molar-refractivity contribution is -0.141. The van der Waals surface area contributed by atoms with E-state index in [0.29, 0.717) is 28.5 Å². The zero-order valence-electron chi connectivity index (χ0n) is 20.2. The van der Waals surface area contributed by atoms with Crippen LogP contribution >= 0.6 is 11.6 Å². The number of nitrogens with zero attached hydrogens (tertiary/aromatic N) is 4. The van der Waals surface area contributed by atoms with Gasteiger partial charge >= 0.3 is 12.1 Å². The van der Waals surface area contributed by atoms with E-state index in [-0.39, 0.29) is 25.0 Å². The van der Waals surface area contributed by atoms with Gasteiger partial charge in [0, 0.05) is 40.6 Å². The number of carbonyl (C=O) groups is 3. The first-order valence-electron chi connectivity index (χ1n) is 11.2. The van der Waals surface area contributed by atoms with Gasteiger partial charge in [-0.2, -0.15) is 4.68 Å². The highest BCUT2D eigenvalue weighted by atomic mass is 35.5. The zero-order valence-corrected chi connectivity index (χ0v) is 20.9. The smallest absolute Gasteiger partial charge is 0.411 e. The van der Waals surface area contributed by atoms with E-state index in [0.717, 1.165) is 5.69 Å². The quantitative estimate of drug-likeness (QED) is 0.252. The molecule has 3 N–H and O–H groups in total. The van der Waals surface area contributed by atoms with Gasteiger partial charge in [0.1, 0.15) is 12.9 Å². The van der Waals surface area contributed by atoms with Crippen LogP contribution in [-0.2, 0) is 19.1 Å². The number of methoxy groups -OCH3 is 1. The Labute approximate surface area is 218 Å². The standard InChI is InChI=1S/C24H26ClN7O5/c1-16(14-26-19-5-7-20(8-6-19)29-24(35)37-12-11-23(34)36-2)28-22(33)10-3-17-13-18(25)4-9-21(17)32-15-27-30-31-32/h3-10,13,15-16,26H,11-12,14H2,1-2H3,(H,28,33)(H,29,35). The highest BCUT2D eigenvalue weighted by molar-refractivity contribution is 6.30. The molecule has 3 aromatic rings. The van der Waals surface area contributed by atoms with E-state index in [1.165, 1.54) is 24.2 Å². The fourth-order valence-electron chi connectivity index (χ4n) is 3.07. The summed E-state index contributed by atoms with van der Waals surface area (Å²) in [4.78, 5) is 35.2. The molecule has 0 spiro atoms. The molecular weight excluding hydrogens is 502 g/mol. The highest BCUT2D eigenvalue weighted by Gasteiger charge is 2.09. The number of hydrogen-bond acceptors (Lipinski definition) is 9. The number of halogens is 1. The molecule has 1 aromatic heterocycles. The summed E-state index contributed by atoms with van der Waals surface area (Å²) in [6, 6.07) is 12.0. The summed E-state index contributed by atoms with van der Waals surface area (Å²) in [6.45, 7) is 2.26. The lowest BCUT2D eigenvalue weighted by Crippen LogP contribution is -2.36. The molecule has 1 atom stereocenters. The first kappa shape index (κ1) is 27.1. The molecule has 2 aromatic carbocycles. The number of esters is 1. The minimum atomic E-state index is -0.670. The van der Waals surface area contributed by atoms with Crippen molar-refractivity contribution in [2.45, 2.75) is 19.4 Å². The maximum atomic E-state index is 12.4. The second-order valence-corrected chi connectivity index (χ2v) is 8.18. The first-order chi connectivity index (χ1) is 17.8. The minimum Gasteiger partial charge on any atom is -0.469 e. The predicted molar refractivity (Wildman–Crippen MR) is 137 cm³/mol. The van der Waals surface area contributed by atoms with Gasteiger partial charge in [-0.05, 0) is 65.9 Å². The molecule has 1 unspecified atom stereocenters.